The lowest BCUT2D eigenvalue weighted by atomic mass is 10.4. The van der Waals surface area contributed by atoms with E-state index in [2.05, 4.69) is 4.98 Å². The van der Waals surface area contributed by atoms with Crippen molar-refractivity contribution >= 4 is 33.0 Å². The van der Waals surface area contributed by atoms with Gasteiger partial charge in [0.25, 0.3) is 10.0 Å². The minimum atomic E-state index is -3.74. The van der Waals surface area contributed by atoms with E-state index in [1.165, 1.54) is 24.8 Å². The van der Waals surface area contributed by atoms with Crippen molar-refractivity contribution < 1.29 is 18.3 Å². The molecule has 8 heteroatoms. The molecule has 0 aliphatic carbocycles. The summed E-state index contributed by atoms with van der Waals surface area (Å²) in [5.41, 5.74) is 0.423. The van der Waals surface area contributed by atoms with Crippen LogP contribution in [-0.4, -0.2) is 31.5 Å². The summed E-state index contributed by atoms with van der Waals surface area (Å²) in [5.74, 6) is -1.15. The van der Waals surface area contributed by atoms with Crippen LogP contribution in [-0.2, 0) is 10.0 Å². The van der Waals surface area contributed by atoms with Gasteiger partial charge in [0.2, 0.25) is 0 Å². The van der Waals surface area contributed by atoms with Crippen molar-refractivity contribution in [2.75, 3.05) is 11.4 Å². The van der Waals surface area contributed by atoms with Crippen LogP contribution in [0.1, 0.15) is 10.4 Å². The summed E-state index contributed by atoms with van der Waals surface area (Å²) >= 11 is 0.882. The molecule has 2 aromatic heterocycles. The Morgan fingerprint density at radius 2 is 2.00 bits per heavy atom. The van der Waals surface area contributed by atoms with Crippen molar-refractivity contribution in [3.8, 4) is 0 Å². The number of hydrogen-bond acceptors (Lipinski definition) is 5. The number of pyridine rings is 1. The second-order valence-electron chi connectivity index (χ2n) is 3.64. The predicted molar refractivity (Wildman–Crippen MR) is 71.1 cm³/mol. The SMILES string of the molecule is CN(c1ccncc1)S(=O)(=O)c1cc(C(=O)O)cs1. The number of carboxylic acid groups (broad SMARTS) is 1. The van der Waals surface area contributed by atoms with Gasteiger partial charge in [0, 0.05) is 24.8 Å². The molecule has 0 aliphatic heterocycles. The van der Waals surface area contributed by atoms with Crippen LogP contribution in [0.4, 0.5) is 5.69 Å². The van der Waals surface area contributed by atoms with Crippen LogP contribution in [0.3, 0.4) is 0 Å². The second-order valence-corrected chi connectivity index (χ2v) is 6.74. The first-order valence-electron chi connectivity index (χ1n) is 5.13. The standard InChI is InChI=1S/C11H10N2O4S2/c1-13(9-2-4-12-5-3-9)19(16,17)10-6-8(7-18-10)11(14)15/h2-7H,1H3,(H,14,15). The van der Waals surface area contributed by atoms with Gasteiger partial charge >= 0.3 is 5.97 Å². The molecule has 0 saturated carbocycles. The summed E-state index contributed by atoms with van der Waals surface area (Å²) < 4.78 is 25.7. The van der Waals surface area contributed by atoms with Gasteiger partial charge in [-0.15, -0.1) is 11.3 Å². The van der Waals surface area contributed by atoms with Crippen molar-refractivity contribution in [1.29, 1.82) is 0 Å². The van der Waals surface area contributed by atoms with Gasteiger partial charge in [0.15, 0.2) is 0 Å². The highest BCUT2D eigenvalue weighted by Gasteiger charge is 2.24. The van der Waals surface area contributed by atoms with E-state index in [0.717, 1.165) is 21.7 Å². The van der Waals surface area contributed by atoms with Crippen molar-refractivity contribution in [2.24, 2.45) is 0 Å². The fourth-order valence-electron chi connectivity index (χ4n) is 1.39. The number of carboxylic acids is 1. The maximum atomic E-state index is 12.3. The molecule has 0 saturated heterocycles. The zero-order valence-corrected chi connectivity index (χ0v) is 11.5. The molecule has 100 valence electrons. The number of thiophene rings is 1. The van der Waals surface area contributed by atoms with Crippen molar-refractivity contribution in [3.05, 3.63) is 41.5 Å². The fourth-order valence-corrected chi connectivity index (χ4v) is 3.91. The lowest BCUT2D eigenvalue weighted by Crippen LogP contribution is -2.25. The summed E-state index contributed by atoms with van der Waals surface area (Å²) in [6.07, 6.45) is 2.97. The van der Waals surface area contributed by atoms with E-state index in [4.69, 9.17) is 5.11 Å². The molecule has 0 aromatic carbocycles. The molecule has 0 fully saturated rings. The molecule has 0 aliphatic rings. The number of anilines is 1. The molecule has 1 N–H and O–H groups in total. The quantitative estimate of drug-likeness (QED) is 0.927. The van der Waals surface area contributed by atoms with Gasteiger partial charge in [-0.05, 0) is 18.2 Å². The van der Waals surface area contributed by atoms with E-state index in [-0.39, 0.29) is 9.77 Å². The van der Waals surface area contributed by atoms with Gasteiger partial charge in [-0.1, -0.05) is 0 Å². The summed E-state index contributed by atoms with van der Waals surface area (Å²) in [5, 5.41) is 10.1. The summed E-state index contributed by atoms with van der Waals surface area (Å²) in [7, 11) is -2.34. The van der Waals surface area contributed by atoms with Crippen molar-refractivity contribution in [1.82, 2.24) is 4.98 Å². The Balaban J connectivity index is 2.39. The molecular formula is C11H10N2O4S2. The molecule has 0 atom stereocenters. The maximum absolute atomic E-state index is 12.3. The lowest BCUT2D eigenvalue weighted by Gasteiger charge is -2.17. The van der Waals surface area contributed by atoms with E-state index in [1.807, 2.05) is 0 Å². The van der Waals surface area contributed by atoms with E-state index in [1.54, 1.807) is 12.1 Å². The van der Waals surface area contributed by atoms with Gasteiger partial charge in [0.05, 0.1) is 11.3 Å². The lowest BCUT2D eigenvalue weighted by molar-refractivity contribution is 0.0697. The van der Waals surface area contributed by atoms with Gasteiger partial charge in [-0.25, -0.2) is 13.2 Å². The van der Waals surface area contributed by atoms with Crippen LogP contribution >= 0.6 is 11.3 Å². The van der Waals surface area contributed by atoms with Gasteiger partial charge in [0.1, 0.15) is 4.21 Å². The van der Waals surface area contributed by atoms with E-state index in [0.29, 0.717) is 5.69 Å². The highest BCUT2D eigenvalue weighted by Crippen LogP contribution is 2.26. The minimum absolute atomic E-state index is 0.00999. The molecule has 19 heavy (non-hydrogen) atoms. The number of carbonyl (C=O) groups is 1. The first-order chi connectivity index (χ1) is 8.93. The van der Waals surface area contributed by atoms with Gasteiger partial charge in [-0.2, -0.15) is 0 Å². The first-order valence-corrected chi connectivity index (χ1v) is 7.45. The number of sulfonamides is 1. The largest absolute Gasteiger partial charge is 0.478 e. The fraction of sp³-hybridized carbons (Fsp3) is 0.0909. The number of aromatic carboxylic acids is 1. The normalized spacial score (nSPS) is 11.2. The third-order valence-corrected chi connectivity index (χ3v) is 5.66. The van der Waals surface area contributed by atoms with Gasteiger partial charge < -0.3 is 5.11 Å². The maximum Gasteiger partial charge on any atom is 0.336 e. The summed E-state index contributed by atoms with van der Waals surface area (Å²) in [4.78, 5) is 14.6. The molecule has 0 bridgehead atoms. The average molecular weight is 298 g/mol. The minimum Gasteiger partial charge on any atom is -0.478 e. The smallest absolute Gasteiger partial charge is 0.336 e. The molecule has 2 aromatic rings. The monoisotopic (exact) mass is 298 g/mol. The molecule has 0 amide bonds. The summed E-state index contributed by atoms with van der Waals surface area (Å²) in [6, 6.07) is 4.27. The zero-order valence-electron chi connectivity index (χ0n) is 9.85. The highest BCUT2D eigenvalue weighted by atomic mass is 32.2. The van der Waals surface area contributed by atoms with E-state index < -0.39 is 16.0 Å². The first kappa shape index (κ1) is 13.5. The Bertz CT molecular complexity index is 694. The Morgan fingerprint density at radius 1 is 1.37 bits per heavy atom. The van der Waals surface area contributed by atoms with Crippen molar-refractivity contribution in [3.63, 3.8) is 0 Å². The Labute approximate surface area is 114 Å². The van der Waals surface area contributed by atoms with Crippen LogP contribution in [0.25, 0.3) is 0 Å². The topological polar surface area (TPSA) is 87.6 Å². The molecule has 2 rings (SSSR count). The third kappa shape index (κ3) is 2.59. The van der Waals surface area contributed by atoms with E-state index in [9.17, 15) is 13.2 Å². The second kappa shape index (κ2) is 4.98. The molecule has 0 spiro atoms. The Hall–Kier alpha value is -1.93. The van der Waals surface area contributed by atoms with Crippen molar-refractivity contribution in [2.45, 2.75) is 4.21 Å². The number of hydrogen-bond donors (Lipinski definition) is 1. The van der Waals surface area contributed by atoms with Crippen LogP contribution < -0.4 is 4.31 Å². The number of nitrogens with zero attached hydrogens (tertiary/aromatic N) is 2. The molecule has 2 heterocycles. The van der Waals surface area contributed by atoms with Crippen LogP contribution in [0, 0.1) is 0 Å². The Morgan fingerprint density at radius 3 is 2.53 bits per heavy atom. The molecule has 0 unspecified atom stereocenters. The van der Waals surface area contributed by atoms with Crippen LogP contribution in [0.5, 0.6) is 0 Å². The molecule has 6 nitrogen and oxygen atoms in total. The molecule has 0 radical (unpaired) electrons. The number of rotatable bonds is 4. The Kier molecular flexibility index (Phi) is 3.54. The summed E-state index contributed by atoms with van der Waals surface area (Å²) in [6.45, 7) is 0. The van der Waals surface area contributed by atoms with Crippen LogP contribution in [0.15, 0.2) is 40.2 Å². The van der Waals surface area contributed by atoms with Gasteiger partial charge in [-0.3, -0.25) is 9.29 Å². The third-order valence-electron chi connectivity index (χ3n) is 2.46. The highest BCUT2D eigenvalue weighted by molar-refractivity contribution is 7.94. The zero-order chi connectivity index (χ0) is 14.0. The van der Waals surface area contributed by atoms with E-state index >= 15 is 0 Å². The predicted octanol–water partition coefficient (Wildman–Crippen LogP) is 1.67. The van der Waals surface area contributed by atoms with Crippen LogP contribution in [0.2, 0.25) is 0 Å². The average Bonchev–Trinajstić information content (AvgIpc) is 2.89. The number of aromatic nitrogens is 1. The molecular weight excluding hydrogens is 288 g/mol.